The van der Waals surface area contributed by atoms with Crippen LogP contribution >= 0.6 is 103 Å². The van der Waals surface area contributed by atoms with E-state index in [2.05, 4.69) is 22.4 Å². The summed E-state index contributed by atoms with van der Waals surface area (Å²) in [5.74, 6) is -0.372. The number of hydrogen-bond acceptors (Lipinski definition) is 7. The van der Waals surface area contributed by atoms with Gasteiger partial charge in [-0.3, -0.25) is 0 Å². The second-order valence-corrected chi connectivity index (χ2v) is 11.5. The molecule has 0 saturated heterocycles. The Morgan fingerprint density at radius 3 is 1.91 bits per heavy atom. The van der Waals surface area contributed by atoms with Crippen LogP contribution in [0.3, 0.4) is 0 Å². The zero-order chi connectivity index (χ0) is 22.9. The van der Waals surface area contributed by atoms with Crippen molar-refractivity contribution in [3.63, 3.8) is 0 Å². The van der Waals surface area contributed by atoms with Gasteiger partial charge in [-0.2, -0.15) is 4.99 Å². The van der Waals surface area contributed by atoms with Gasteiger partial charge in [0.15, 0.2) is 5.60 Å². The van der Waals surface area contributed by atoms with Crippen molar-refractivity contribution in [2.75, 3.05) is 0 Å². The van der Waals surface area contributed by atoms with E-state index >= 15 is 0 Å². The molecule has 0 amide bonds. The zero-order valence-corrected chi connectivity index (χ0v) is 30.7. The molecule has 0 aromatic heterocycles. The van der Waals surface area contributed by atoms with Gasteiger partial charge in [-0.1, -0.05) is 17.6 Å². The predicted octanol–water partition coefficient (Wildman–Crippen LogP) is -0.438. The minimum atomic E-state index is -1.38. The molecule has 0 radical (unpaired) electrons. The summed E-state index contributed by atoms with van der Waals surface area (Å²) in [6.07, 6.45) is 0. The topological polar surface area (TPSA) is 94.0 Å². The average molecular weight is 937 g/mol. The first-order chi connectivity index (χ1) is 15.2. The summed E-state index contributed by atoms with van der Waals surface area (Å²) in [5, 5.41) is 27.7. The summed E-state index contributed by atoms with van der Waals surface area (Å²) < 4.78 is 13.9. The Labute approximate surface area is 298 Å². The second-order valence-electron chi connectivity index (χ2n) is 6.86. The Morgan fingerprint density at radius 2 is 1.41 bits per heavy atom. The first-order valence-electron chi connectivity index (χ1n) is 8.73. The molecule has 1 spiro atoms. The van der Waals surface area contributed by atoms with Gasteiger partial charge in [-0.15, -0.1) is 0 Å². The van der Waals surface area contributed by atoms with E-state index in [1.165, 1.54) is 0 Å². The van der Waals surface area contributed by atoms with Crippen molar-refractivity contribution < 1.29 is 83.6 Å². The normalized spacial score (nSPS) is 13.8. The minimum absolute atomic E-state index is 0. The number of halogens is 4. The number of aliphatic imine (C=N–C) groups is 1. The number of carbonyl (C=O) groups excluding carboxylic acids is 1. The summed E-state index contributed by atoms with van der Waals surface area (Å²) in [5.41, 5.74) is 1.05. The van der Waals surface area contributed by atoms with Crippen LogP contribution in [0.5, 0.6) is 23.0 Å². The number of nitrogens with zero attached hydrogens (tertiary/aromatic N) is 1. The Balaban J connectivity index is 0.00000162. The molecule has 13 heteroatoms. The first-order valence-corrected chi connectivity index (χ1v) is 13.5. The van der Waals surface area contributed by atoms with Gasteiger partial charge in [-0.05, 0) is 127 Å². The van der Waals surface area contributed by atoms with Crippen molar-refractivity contribution in [2.24, 2.45) is 4.99 Å². The third-order valence-electron chi connectivity index (χ3n) is 5.25. The molecular weight excluding hydrogens is 932 g/mol. The standard InChI is InChI=1S/C21H7I4NO5S.2Na/c22-12-4-10-18(14(24)16(12)27)30-19-11(5-13(23)17(28)15(19)25)21(10)9-2-1-7(26-6-32)3-8(9)20(29)31-21;;/h1-5,27-28H;;/q;2*+1/p-2. The number of hydrogen-bond donors (Lipinski definition) is 0. The van der Waals surface area contributed by atoms with Gasteiger partial charge in [0.2, 0.25) is 0 Å². The molecule has 2 heterocycles. The molecule has 34 heavy (non-hydrogen) atoms. The predicted molar refractivity (Wildman–Crippen MR) is 149 cm³/mol. The largest absolute Gasteiger partial charge is 1.00 e. The second kappa shape index (κ2) is 11.2. The number of esters is 1. The smallest absolute Gasteiger partial charge is 0.871 e. The molecule has 0 N–H and O–H groups in total. The summed E-state index contributed by atoms with van der Waals surface area (Å²) in [7, 11) is 0. The molecule has 3 aromatic rings. The van der Waals surface area contributed by atoms with E-state index in [4.69, 9.17) is 9.47 Å². The summed E-state index contributed by atoms with van der Waals surface area (Å²) in [4.78, 5) is 17.1. The monoisotopic (exact) mass is 937 g/mol. The molecule has 0 bridgehead atoms. The van der Waals surface area contributed by atoms with E-state index in [0.29, 0.717) is 42.2 Å². The fraction of sp³-hybridized carbons (Fsp3) is 0.0476. The molecule has 2 aliphatic rings. The molecule has 3 aromatic carbocycles. The first kappa shape index (κ1) is 29.8. The maximum absolute atomic E-state index is 13.1. The summed E-state index contributed by atoms with van der Waals surface area (Å²) in [6, 6.07) is 8.42. The zero-order valence-electron chi connectivity index (χ0n) is 17.3. The van der Waals surface area contributed by atoms with Crippen molar-refractivity contribution in [1.82, 2.24) is 0 Å². The fourth-order valence-corrected chi connectivity index (χ4v) is 7.60. The van der Waals surface area contributed by atoms with Crippen LogP contribution in [0, 0.1) is 14.3 Å². The van der Waals surface area contributed by atoms with Crippen molar-refractivity contribution >= 4 is 119 Å². The van der Waals surface area contributed by atoms with E-state index in [1.54, 1.807) is 30.3 Å². The van der Waals surface area contributed by atoms with Crippen LogP contribution in [0.4, 0.5) is 5.69 Å². The molecule has 0 fully saturated rings. The quantitative estimate of drug-likeness (QED) is 0.108. The van der Waals surface area contributed by atoms with Gasteiger partial charge in [-0.25, -0.2) is 4.79 Å². The minimum Gasteiger partial charge on any atom is -0.871 e. The SMILES string of the molecule is O=C1OC2(c3ccc(N=C=S)cc31)c1cc(I)c([O-])c(I)c1Oc1c2cc(I)c([O-])c1I.[Na+].[Na+]. The number of rotatable bonds is 1. The van der Waals surface area contributed by atoms with Crippen LogP contribution in [0.25, 0.3) is 0 Å². The van der Waals surface area contributed by atoms with Gasteiger partial charge in [0.25, 0.3) is 0 Å². The molecule has 0 aliphatic carbocycles. The van der Waals surface area contributed by atoms with E-state index in [0.717, 1.165) is 0 Å². The van der Waals surface area contributed by atoms with E-state index in [-0.39, 0.29) is 82.1 Å². The number of carbonyl (C=O) groups is 1. The summed E-state index contributed by atoms with van der Waals surface area (Å²) >= 11 is 12.5. The number of fused-ring (bicyclic) bond motifs is 6. The van der Waals surface area contributed by atoms with Crippen molar-refractivity contribution in [3.8, 4) is 23.0 Å². The number of thiocarbonyl (C=S) groups is 1. The van der Waals surface area contributed by atoms with E-state index in [1.807, 2.05) is 90.4 Å². The van der Waals surface area contributed by atoms with Crippen LogP contribution in [0.2, 0.25) is 0 Å². The van der Waals surface area contributed by atoms with Gasteiger partial charge in [0, 0.05) is 31.0 Å². The molecule has 0 unspecified atom stereocenters. The average Bonchev–Trinajstić information content (AvgIpc) is 3.05. The maximum atomic E-state index is 13.1. The Bertz CT molecular complexity index is 1380. The van der Waals surface area contributed by atoms with Gasteiger partial charge < -0.3 is 19.7 Å². The summed E-state index contributed by atoms with van der Waals surface area (Å²) in [6.45, 7) is 0. The van der Waals surface area contributed by atoms with Crippen LogP contribution in [0.15, 0.2) is 35.3 Å². The molecule has 160 valence electrons. The molecule has 2 aliphatic heterocycles. The van der Waals surface area contributed by atoms with Gasteiger partial charge in [0.1, 0.15) is 11.5 Å². The third-order valence-corrected chi connectivity index (χ3v) is 8.90. The van der Waals surface area contributed by atoms with Crippen LogP contribution in [0.1, 0.15) is 27.0 Å². The molecule has 6 nitrogen and oxygen atoms in total. The molecule has 0 saturated carbocycles. The molecule has 5 rings (SSSR count). The van der Waals surface area contributed by atoms with Crippen molar-refractivity contribution in [3.05, 3.63) is 66.9 Å². The number of benzene rings is 3. The van der Waals surface area contributed by atoms with Crippen molar-refractivity contribution in [2.45, 2.75) is 5.60 Å². The maximum Gasteiger partial charge on any atom is 1.00 e. The molecular formula is C21H5I4NNa2O5S. The van der Waals surface area contributed by atoms with E-state index in [9.17, 15) is 15.0 Å². The number of ether oxygens (including phenoxy) is 2. The fourth-order valence-electron chi connectivity index (χ4n) is 3.92. The number of isothiocyanates is 1. The van der Waals surface area contributed by atoms with Gasteiger partial charge >= 0.3 is 65.1 Å². The van der Waals surface area contributed by atoms with Crippen LogP contribution < -0.4 is 74.1 Å². The van der Waals surface area contributed by atoms with Crippen LogP contribution in [-0.4, -0.2) is 11.1 Å². The molecule has 0 atom stereocenters. The van der Waals surface area contributed by atoms with E-state index < -0.39 is 11.6 Å². The Hall–Kier alpha value is 1.25. The van der Waals surface area contributed by atoms with Crippen molar-refractivity contribution in [1.29, 1.82) is 0 Å². The Kier molecular flexibility index (Phi) is 9.78. The van der Waals surface area contributed by atoms with Gasteiger partial charge in [0.05, 0.1) is 16.4 Å². The van der Waals surface area contributed by atoms with Crippen LogP contribution in [-0.2, 0) is 10.3 Å². The third kappa shape index (κ3) is 4.44. The Morgan fingerprint density at radius 1 is 0.882 bits per heavy atom.